The third-order valence-corrected chi connectivity index (χ3v) is 4.82. The SMILES string of the molecule is CNC(C)(C)C1(c2cccc3ccccc23)COC1. The molecule has 2 aromatic rings. The Hall–Kier alpha value is -1.38. The van der Waals surface area contributed by atoms with Crippen LogP contribution in [0.3, 0.4) is 0 Å². The van der Waals surface area contributed by atoms with E-state index in [-0.39, 0.29) is 11.0 Å². The maximum atomic E-state index is 5.59. The Morgan fingerprint density at radius 2 is 1.74 bits per heavy atom. The summed E-state index contributed by atoms with van der Waals surface area (Å²) in [4.78, 5) is 0. The molecular weight excluding hydrogens is 234 g/mol. The summed E-state index contributed by atoms with van der Waals surface area (Å²) in [5.74, 6) is 0. The summed E-state index contributed by atoms with van der Waals surface area (Å²) < 4.78 is 5.59. The Kier molecular flexibility index (Phi) is 2.88. The Bertz CT molecular complexity index is 594. The molecule has 0 atom stereocenters. The first-order chi connectivity index (χ1) is 9.11. The molecule has 0 unspecified atom stereocenters. The number of hydrogen-bond acceptors (Lipinski definition) is 2. The summed E-state index contributed by atoms with van der Waals surface area (Å²) in [5, 5.41) is 6.12. The zero-order valence-electron chi connectivity index (χ0n) is 11.9. The minimum absolute atomic E-state index is 0.00930. The van der Waals surface area contributed by atoms with Gasteiger partial charge in [0, 0.05) is 5.54 Å². The molecule has 1 fully saturated rings. The molecule has 19 heavy (non-hydrogen) atoms. The Labute approximate surface area is 114 Å². The Morgan fingerprint density at radius 3 is 2.37 bits per heavy atom. The van der Waals surface area contributed by atoms with Crippen molar-refractivity contribution in [3.63, 3.8) is 0 Å². The van der Waals surface area contributed by atoms with Crippen molar-refractivity contribution in [1.29, 1.82) is 0 Å². The molecule has 1 N–H and O–H groups in total. The van der Waals surface area contributed by atoms with E-state index >= 15 is 0 Å². The highest BCUT2D eigenvalue weighted by molar-refractivity contribution is 5.87. The van der Waals surface area contributed by atoms with Crippen LogP contribution in [-0.2, 0) is 10.2 Å². The predicted octanol–water partition coefficient (Wildman–Crippen LogP) is 3.11. The van der Waals surface area contributed by atoms with Gasteiger partial charge in [0.2, 0.25) is 0 Å². The lowest BCUT2D eigenvalue weighted by Gasteiger charge is -2.53. The normalized spacial score (nSPS) is 18.3. The van der Waals surface area contributed by atoms with E-state index in [1.807, 2.05) is 7.05 Å². The van der Waals surface area contributed by atoms with E-state index in [9.17, 15) is 0 Å². The second kappa shape index (κ2) is 4.32. The van der Waals surface area contributed by atoms with Gasteiger partial charge in [-0.05, 0) is 37.2 Å². The van der Waals surface area contributed by atoms with Crippen LogP contribution in [0.15, 0.2) is 42.5 Å². The van der Waals surface area contributed by atoms with Crippen LogP contribution < -0.4 is 5.32 Å². The lowest BCUT2D eigenvalue weighted by Crippen LogP contribution is -2.65. The van der Waals surface area contributed by atoms with E-state index in [0.29, 0.717) is 0 Å². The summed E-state index contributed by atoms with van der Waals surface area (Å²) in [6.07, 6.45) is 0. The fourth-order valence-electron chi connectivity index (χ4n) is 3.04. The molecule has 2 aromatic carbocycles. The van der Waals surface area contributed by atoms with Gasteiger partial charge in [-0.3, -0.25) is 0 Å². The van der Waals surface area contributed by atoms with Gasteiger partial charge in [-0.15, -0.1) is 0 Å². The van der Waals surface area contributed by atoms with Gasteiger partial charge in [-0.25, -0.2) is 0 Å². The third-order valence-electron chi connectivity index (χ3n) is 4.82. The minimum Gasteiger partial charge on any atom is -0.379 e. The molecule has 1 heterocycles. The summed E-state index contributed by atoms with van der Waals surface area (Å²) in [7, 11) is 2.03. The quantitative estimate of drug-likeness (QED) is 0.910. The summed E-state index contributed by atoms with van der Waals surface area (Å²) >= 11 is 0. The predicted molar refractivity (Wildman–Crippen MR) is 79.6 cm³/mol. The number of fused-ring (bicyclic) bond motifs is 1. The average Bonchev–Trinajstić information content (AvgIpc) is 2.37. The van der Waals surface area contributed by atoms with Crippen LogP contribution in [0.1, 0.15) is 19.4 Å². The highest BCUT2D eigenvalue weighted by Gasteiger charge is 2.52. The molecule has 2 nitrogen and oxygen atoms in total. The lowest BCUT2D eigenvalue weighted by molar-refractivity contribution is -0.0983. The van der Waals surface area contributed by atoms with Crippen LogP contribution >= 0.6 is 0 Å². The number of likely N-dealkylation sites (N-methyl/N-ethyl adjacent to an activating group) is 1. The zero-order valence-corrected chi connectivity index (χ0v) is 11.9. The van der Waals surface area contributed by atoms with Crippen molar-refractivity contribution in [2.75, 3.05) is 20.3 Å². The maximum Gasteiger partial charge on any atom is 0.0603 e. The van der Waals surface area contributed by atoms with Crippen LogP contribution in [0.2, 0.25) is 0 Å². The number of rotatable bonds is 3. The van der Waals surface area contributed by atoms with Gasteiger partial charge in [0.05, 0.1) is 18.6 Å². The molecule has 0 aromatic heterocycles. The molecule has 0 bridgehead atoms. The van der Waals surface area contributed by atoms with E-state index in [1.54, 1.807) is 0 Å². The van der Waals surface area contributed by atoms with Gasteiger partial charge < -0.3 is 10.1 Å². The van der Waals surface area contributed by atoms with Crippen LogP contribution in [-0.4, -0.2) is 25.8 Å². The second-order valence-corrected chi connectivity index (χ2v) is 5.98. The fraction of sp³-hybridized carbons (Fsp3) is 0.412. The molecule has 1 aliphatic heterocycles. The van der Waals surface area contributed by atoms with Crippen LogP contribution in [0.5, 0.6) is 0 Å². The van der Waals surface area contributed by atoms with Crippen molar-refractivity contribution in [3.8, 4) is 0 Å². The number of nitrogens with one attached hydrogen (secondary N) is 1. The van der Waals surface area contributed by atoms with Crippen LogP contribution in [0.4, 0.5) is 0 Å². The van der Waals surface area contributed by atoms with Gasteiger partial charge in [0.25, 0.3) is 0 Å². The molecule has 0 saturated carbocycles. The first kappa shape index (κ1) is 12.6. The highest BCUT2D eigenvalue weighted by Crippen LogP contribution is 2.44. The topological polar surface area (TPSA) is 21.3 Å². The summed E-state index contributed by atoms with van der Waals surface area (Å²) in [6, 6.07) is 15.2. The van der Waals surface area contributed by atoms with Gasteiger partial charge in [-0.1, -0.05) is 42.5 Å². The number of hydrogen-bond donors (Lipinski definition) is 1. The van der Waals surface area contributed by atoms with Gasteiger partial charge in [-0.2, -0.15) is 0 Å². The number of benzene rings is 2. The third kappa shape index (κ3) is 1.71. The maximum absolute atomic E-state index is 5.59. The van der Waals surface area contributed by atoms with E-state index in [1.165, 1.54) is 16.3 Å². The molecule has 2 heteroatoms. The smallest absolute Gasteiger partial charge is 0.0603 e. The highest BCUT2D eigenvalue weighted by atomic mass is 16.5. The molecule has 1 aliphatic rings. The molecular formula is C17H21NO. The van der Waals surface area contributed by atoms with Gasteiger partial charge in [0.1, 0.15) is 0 Å². The molecule has 3 rings (SSSR count). The van der Waals surface area contributed by atoms with Crippen molar-refractivity contribution in [2.24, 2.45) is 0 Å². The average molecular weight is 255 g/mol. The van der Waals surface area contributed by atoms with Crippen molar-refractivity contribution in [3.05, 3.63) is 48.0 Å². The van der Waals surface area contributed by atoms with Crippen molar-refractivity contribution in [2.45, 2.75) is 24.8 Å². The zero-order chi connectivity index (χ0) is 13.5. The fourth-order valence-corrected chi connectivity index (χ4v) is 3.04. The second-order valence-electron chi connectivity index (χ2n) is 5.98. The molecule has 1 saturated heterocycles. The van der Waals surface area contributed by atoms with Crippen molar-refractivity contribution < 1.29 is 4.74 Å². The molecule has 0 spiro atoms. The number of ether oxygens (including phenoxy) is 1. The summed E-state index contributed by atoms with van der Waals surface area (Å²) in [5.41, 5.74) is 1.47. The van der Waals surface area contributed by atoms with E-state index < -0.39 is 0 Å². The molecule has 0 aliphatic carbocycles. The Balaban J connectivity index is 2.23. The van der Waals surface area contributed by atoms with E-state index in [2.05, 4.69) is 61.6 Å². The van der Waals surface area contributed by atoms with Gasteiger partial charge >= 0.3 is 0 Å². The Morgan fingerprint density at radius 1 is 1.05 bits per heavy atom. The van der Waals surface area contributed by atoms with Crippen LogP contribution in [0.25, 0.3) is 10.8 Å². The standard InChI is InChI=1S/C17H21NO/c1-16(2,18-3)17(11-19-12-17)15-10-6-8-13-7-4-5-9-14(13)15/h4-10,18H,11-12H2,1-3H3. The monoisotopic (exact) mass is 255 g/mol. The van der Waals surface area contributed by atoms with Crippen LogP contribution in [0, 0.1) is 0 Å². The summed E-state index contributed by atoms with van der Waals surface area (Å²) in [6.45, 7) is 6.10. The first-order valence-electron chi connectivity index (χ1n) is 6.86. The molecule has 0 amide bonds. The largest absolute Gasteiger partial charge is 0.379 e. The molecule has 0 radical (unpaired) electrons. The van der Waals surface area contributed by atoms with E-state index in [4.69, 9.17) is 4.74 Å². The minimum atomic E-state index is 0.00930. The van der Waals surface area contributed by atoms with Crippen molar-refractivity contribution >= 4 is 10.8 Å². The molecule has 100 valence electrons. The van der Waals surface area contributed by atoms with Crippen molar-refractivity contribution in [1.82, 2.24) is 5.32 Å². The van der Waals surface area contributed by atoms with E-state index in [0.717, 1.165) is 13.2 Å². The van der Waals surface area contributed by atoms with Gasteiger partial charge in [0.15, 0.2) is 0 Å². The lowest BCUT2D eigenvalue weighted by atomic mass is 9.64. The first-order valence-corrected chi connectivity index (χ1v) is 6.86.